The maximum Gasteiger partial charge on any atom is 0.302 e. The van der Waals surface area contributed by atoms with Gasteiger partial charge in [-0.2, -0.15) is 12.7 Å². The number of nitrogens with one attached hydrogen (secondary N) is 1. The summed E-state index contributed by atoms with van der Waals surface area (Å²) in [7, 11) is -3.51. The lowest BCUT2D eigenvalue weighted by atomic mass is 10.0. The third-order valence-corrected chi connectivity index (χ3v) is 4.98. The van der Waals surface area contributed by atoms with E-state index in [1.165, 1.54) is 10.5 Å². The Hall–Kier alpha value is -1.34. The summed E-state index contributed by atoms with van der Waals surface area (Å²) >= 11 is 0. The molecule has 2 rings (SSSR count). The van der Waals surface area contributed by atoms with E-state index >= 15 is 0 Å². The lowest BCUT2D eigenvalue weighted by Gasteiger charge is -2.29. The van der Waals surface area contributed by atoms with E-state index in [0.717, 1.165) is 18.4 Å². The van der Waals surface area contributed by atoms with Gasteiger partial charge in [0.15, 0.2) is 0 Å². The summed E-state index contributed by atoms with van der Waals surface area (Å²) in [6.07, 6.45) is 3.26. The Morgan fingerprint density at radius 3 is 2.63 bits per heavy atom. The van der Waals surface area contributed by atoms with Gasteiger partial charge in [-0.15, -0.1) is 0 Å². The van der Waals surface area contributed by atoms with Crippen LogP contribution in [0.25, 0.3) is 0 Å². The van der Waals surface area contributed by atoms with Gasteiger partial charge in [0.2, 0.25) is 0 Å². The molecule has 1 aliphatic heterocycles. The molecule has 0 spiro atoms. The third-order valence-electron chi connectivity index (χ3n) is 3.47. The van der Waals surface area contributed by atoms with E-state index in [0.29, 0.717) is 30.5 Å². The number of piperidine rings is 1. The highest BCUT2D eigenvalue weighted by Crippen LogP contribution is 2.20. The van der Waals surface area contributed by atoms with Crippen molar-refractivity contribution in [3.8, 4) is 0 Å². The number of pyridine rings is 1. The van der Waals surface area contributed by atoms with Crippen molar-refractivity contribution in [1.82, 2.24) is 9.29 Å². The van der Waals surface area contributed by atoms with Gasteiger partial charge in [-0.05, 0) is 37.3 Å². The van der Waals surface area contributed by atoms with Crippen LogP contribution in [0.5, 0.6) is 0 Å². The normalized spacial score (nSPS) is 18.4. The monoisotopic (exact) mass is 284 g/mol. The van der Waals surface area contributed by atoms with E-state index < -0.39 is 10.2 Å². The number of rotatable bonds is 3. The molecule has 1 aliphatic rings. The lowest BCUT2D eigenvalue weighted by Crippen LogP contribution is -2.41. The summed E-state index contributed by atoms with van der Waals surface area (Å²) in [6.45, 7) is 5.08. The molecule has 0 amide bonds. The molecule has 0 aromatic carbocycles. The fraction of sp³-hybridized carbons (Fsp3) is 0.583. The molecule has 0 aliphatic carbocycles. The molecule has 0 saturated carbocycles. The van der Waals surface area contributed by atoms with Gasteiger partial charge in [-0.3, -0.25) is 4.72 Å². The molecule has 106 valence electrons. The van der Waals surface area contributed by atoms with Crippen molar-refractivity contribution in [3.63, 3.8) is 0 Å². The standard InChI is InChI=1S/C12H20N4O2S/c1-9-3-5-16(6-4-9)19(17,18)15-12-7-10(2)11(13)8-14-12/h7-9H,3-6,13H2,1-2H3,(H,14,15). The van der Waals surface area contributed by atoms with Crippen LogP contribution in [0.4, 0.5) is 11.5 Å². The van der Waals surface area contributed by atoms with Gasteiger partial charge in [-0.25, -0.2) is 4.98 Å². The molecule has 1 saturated heterocycles. The zero-order chi connectivity index (χ0) is 14.0. The number of nitrogens with two attached hydrogens (primary N) is 1. The van der Waals surface area contributed by atoms with Crippen LogP contribution in [0.15, 0.2) is 12.3 Å². The molecule has 1 aromatic rings. The first-order valence-corrected chi connectivity index (χ1v) is 7.82. The lowest BCUT2D eigenvalue weighted by molar-refractivity contribution is 0.289. The fourth-order valence-corrected chi connectivity index (χ4v) is 3.24. The van der Waals surface area contributed by atoms with Crippen molar-refractivity contribution in [2.45, 2.75) is 26.7 Å². The predicted molar refractivity (Wildman–Crippen MR) is 75.9 cm³/mol. The van der Waals surface area contributed by atoms with Crippen molar-refractivity contribution < 1.29 is 8.42 Å². The largest absolute Gasteiger partial charge is 0.397 e. The topological polar surface area (TPSA) is 88.3 Å². The van der Waals surface area contributed by atoms with Crippen molar-refractivity contribution in [1.29, 1.82) is 0 Å². The molecule has 0 atom stereocenters. The van der Waals surface area contributed by atoms with Crippen molar-refractivity contribution >= 4 is 21.7 Å². The number of aryl methyl sites for hydroxylation is 1. The Balaban J connectivity index is 2.10. The highest BCUT2D eigenvalue weighted by molar-refractivity contribution is 7.90. The van der Waals surface area contributed by atoms with Crippen LogP contribution in [0, 0.1) is 12.8 Å². The van der Waals surface area contributed by atoms with Gasteiger partial charge in [0.05, 0.1) is 11.9 Å². The Morgan fingerprint density at radius 2 is 2.05 bits per heavy atom. The first kappa shape index (κ1) is 14.1. The van der Waals surface area contributed by atoms with Gasteiger partial charge in [-0.1, -0.05) is 6.92 Å². The summed E-state index contributed by atoms with van der Waals surface area (Å²) in [5.74, 6) is 0.897. The zero-order valence-corrected chi connectivity index (χ0v) is 12.1. The van der Waals surface area contributed by atoms with E-state index in [1.807, 2.05) is 6.92 Å². The molecule has 0 unspecified atom stereocenters. The molecule has 0 radical (unpaired) electrons. The van der Waals surface area contributed by atoms with Gasteiger partial charge >= 0.3 is 10.2 Å². The van der Waals surface area contributed by atoms with Crippen LogP contribution < -0.4 is 10.5 Å². The van der Waals surface area contributed by atoms with Gasteiger partial charge < -0.3 is 5.73 Å². The first-order chi connectivity index (χ1) is 8.88. The third kappa shape index (κ3) is 3.36. The van der Waals surface area contributed by atoms with E-state index in [9.17, 15) is 8.42 Å². The molecule has 6 nitrogen and oxygen atoms in total. The molecule has 7 heteroatoms. The maximum absolute atomic E-state index is 12.2. The van der Waals surface area contributed by atoms with Crippen molar-refractivity contribution in [2.75, 3.05) is 23.5 Å². The number of aromatic nitrogens is 1. The minimum Gasteiger partial charge on any atom is -0.397 e. The molecule has 19 heavy (non-hydrogen) atoms. The maximum atomic E-state index is 12.2. The van der Waals surface area contributed by atoms with Crippen molar-refractivity contribution in [2.24, 2.45) is 5.92 Å². The Kier molecular flexibility index (Phi) is 3.96. The Labute approximate surface area is 114 Å². The summed E-state index contributed by atoms with van der Waals surface area (Å²) < 4.78 is 28.4. The van der Waals surface area contributed by atoms with E-state index in [1.54, 1.807) is 6.07 Å². The van der Waals surface area contributed by atoms with Crippen LogP contribution >= 0.6 is 0 Å². The number of hydrogen-bond acceptors (Lipinski definition) is 4. The Morgan fingerprint density at radius 1 is 1.42 bits per heavy atom. The molecular weight excluding hydrogens is 264 g/mol. The van der Waals surface area contributed by atoms with Gasteiger partial charge in [0.25, 0.3) is 0 Å². The minimum absolute atomic E-state index is 0.310. The second-order valence-electron chi connectivity index (χ2n) is 5.11. The summed E-state index contributed by atoms with van der Waals surface area (Å²) in [6, 6.07) is 1.64. The Bertz CT molecular complexity index is 551. The average Bonchev–Trinajstić information content (AvgIpc) is 2.34. The van der Waals surface area contributed by atoms with Crippen LogP contribution in [-0.4, -0.2) is 30.8 Å². The van der Waals surface area contributed by atoms with Crippen LogP contribution in [0.2, 0.25) is 0 Å². The SMILES string of the molecule is Cc1cc(NS(=O)(=O)N2CCC(C)CC2)ncc1N. The van der Waals surface area contributed by atoms with Gasteiger partial charge in [0.1, 0.15) is 5.82 Å². The molecule has 1 fully saturated rings. The second-order valence-corrected chi connectivity index (χ2v) is 6.79. The highest BCUT2D eigenvalue weighted by atomic mass is 32.2. The first-order valence-electron chi connectivity index (χ1n) is 6.38. The molecule has 0 bridgehead atoms. The second kappa shape index (κ2) is 5.34. The summed E-state index contributed by atoms with van der Waals surface area (Å²) in [4.78, 5) is 3.99. The van der Waals surface area contributed by atoms with Crippen molar-refractivity contribution in [3.05, 3.63) is 17.8 Å². The van der Waals surface area contributed by atoms with E-state index in [2.05, 4.69) is 16.6 Å². The number of nitrogens with zero attached hydrogens (tertiary/aromatic N) is 2. The van der Waals surface area contributed by atoms with Crippen LogP contribution in [0.1, 0.15) is 25.3 Å². The highest BCUT2D eigenvalue weighted by Gasteiger charge is 2.26. The molecule has 2 heterocycles. The number of hydrogen-bond donors (Lipinski definition) is 2. The van der Waals surface area contributed by atoms with E-state index in [-0.39, 0.29) is 0 Å². The summed E-state index contributed by atoms with van der Waals surface area (Å²) in [5, 5.41) is 0. The van der Waals surface area contributed by atoms with Crippen LogP contribution in [-0.2, 0) is 10.2 Å². The fourth-order valence-electron chi connectivity index (χ4n) is 2.04. The zero-order valence-electron chi connectivity index (χ0n) is 11.3. The van der Waals surface area contributed by atoms with Gasteiger partial charge in [0, 0.05) is 13.1 Å². The number of nitrogen functional groups attached to an aromatic ring is 1. The molecule has 1 aromatic heterocycles. The molecular formula is C12H20N4O2S. The summed E-state index contributed by atoms with van der Waals surface area (Å²) in [5.41, 5.74) is 7.02. The molecule has 3 N–H and O–H groups in total. The minimum atomic E-state index is -3.51. The average molecular weight is 284 g/mol. The predicted octanol–water partition coefficient (Wildman–Crippen LogP) is 1.36. The van der Waals surface area contributed by atoms with E-state index in [4.69, 9.17) is 5.73 Å². The van der Waals surface area contributed by atoms with Crippen LogP contribution in [0.3, 0.4) is 0 Å². The smallest absolute Gasteiger partial charge is 0.302 e. The number of anilines is 2. The quantitative estimate of drug-likeness (QED) is 0.877.